The number of esters is 1. The van der Waals surface area contributed by atoms with Crippen molar-refractivity contribution in [3.8, 4) is 0 Å². The van der Waals surface area contributed by atoms with Gasteiger partial charge in [0.1, 0.15) is 15.4 Å². The lowest BCUT2D eigenvalue weighted by molar-refractivity contribution is 0.0603. The standard InChI is InChI=1S/C13H21N3O4S/c1-5-16(6-7-19-3)12-8(13(18)20-4)9(14)10(21-12)11(17)15-2/h5-7,14H2,1-4H3,(H,15,17). The fourth-order valence-corrected chi connectivity index (χ4v) is 3.09. The maximum atomic E-state index is 12.0. The molecule has 0 saturated heterocycles. The van der Waals surface area contributed by atoms with E-state index in [0.29, 0.717) is 29.6 Å². The number of nitrogens with zero attached hydrogens (tertiary/aromatic N) is 1. The van der Waals surface area contributed by atoms with Crippen LogP contribution in [0.5, 0.6) is 0 Å². The van der Waals surface area contributed by atoms with Gasteiger partial charge in [0.15, 0.2) is 0 Å². The molecule has 0 unspecified atom stereocenters. The molecule has 1 aromatic heterocycles. The Morgan fingerprint density at radius 3 is 2.52 bits per heavy atom. The fourth-order valence-electron chi connectivity index (χ4n) is 1.84. The average Bonchev–Trinajstić information content (AvgIpc) is 2.84. The molecule has 0 fully saturated rings. The minimum Gasteiger partial charge on any atom is -0.465 e. The number of hydrogen-bond donors (Lipinski definition) is 2. The predicted octanol–water partition coefficient (Wildman–Crippen LogP) is 0.949. The number of nitrogens with two attached hydrogens (primary N) is 1. The molecule has 21 heavy (non-hydrogen) atoms. The van der Waals surface area contributed by atoms with Crippen LogP contribution in [-0.2, 0) is 9.47 Å². The van der Waals surface area contributed by atoms with Crippen LogP contribution in [-0.4, -0.2) is 52.8 Å². The maximum Gasteiger partial charge on any atom is 0.343 e. The summed E-state index contributed by atoms with van der Waals surface area (Å²) in [5.41, 5.74) is 6.35. The lowest BCUT2D eigenvalue weighted by atomic mass is 10.2. The van der Waals surface area contributed by atoms with Gasteiger partial charge in [-0.3, -0.25) is 4.79 Å². The Hall–Kier alpha value is -1.80. The summed E-state index contributed by atoms with van der Waals surface area (Å²) in [6.45, 7) is 3.69. The third-order valence-electron chi connectivity index (χ3n) is 2.98. The Morgan fingerprint density at radius 2 is 2.05 bits per heavy atom. The Balaban J connectivity index is 3.33. The third-order valence-corrected chi connectivity index (χ3v) is 4.25. The number of nitrogen functional groups attached to an aromatic ring is 1. The number of carbonyl (C=O) groups excluding carboxylic acids is 2. The van der Waals surface area contributed by atoms with Crippen molar-refractivity contribution < 1.29 is 19.1 Å². The number of likely N-dealkylation sites (N-methyl/N-ethyl adjacent to an activating group) is 1. The molecule has 8 heteroatoms. The number of rotatable bonds is 7. The van der Waals surface area contributed by atoms with Gasteiger partial charge in [0, 0.05) is 27.2 Å². The molecular formula is C13H21N3O4S. The number of thiophene rings is 1. The molecule has 3 N–H and O–H groups in total. The van der Waals surface area contributed by atoms with Crippen LogP contribution in [0.4, 0.5) is 10.7 Å². The second kappa shape index (κ2) is 7.84. The molecule has 118 valence electrons. The summed E-state index contributed by atoms with van der Waals surface area (Å²) < 4.78 is 9.85. The summed E-state index contributed by atoms with van der Waals surface area (Å²) in [7, 11) is 4.41. The van der Waals surface area contributed by atoms with Crippen molar-refractivity contribution in [3.63, 3.8) is 0 Å². The molecule has 0 spiro atoms. The van der Waals surface area contributed by atoms with Gasteiger partial charge in [0.05, 0.1) is 19.4 Å². The molecule has 0 saturated carbocycles. The molecule has 0 aliphatic carbocycles. The van der Waals surface area contributed by atoms with Crippen molar-refractivity contribution in [2.45, 2.75) is 6.92 Å². The van der Waals surface area contributed by atoms with E-state index >= 15 is 0 Å². The highest BCUT2D eigenvalue weighted by molar-refractivity contribution is 7.19. The second-order valence-corrected chi connectivity index (χ2v) is 5.17. The van der Waals surface area contributed by atoms with E-state index in [1.807, 2.05) is 11.8 Å². The van der Waals surface area contributed by atoms with E-state index < -0.39 is 5.97 Å². The van der Waals surface area contributed by atoms with Crippen LogP contribution in [0, 0.1) is 0 Å². The van der Waals surface area contributed by atoms with Crippen molar-refractivity contribution in [2.24, 2.45) is 0 Å². The predicted molar refractivity (Wildman–Crippen MR) is 83.2 cm³/mol. The number of methoxy groups -OCH3 is 2. The molecule has 1 aromatic rings. The van der Waals surface area contributed by atoms with E-state index in [9.17, 15) is 9.59 Å². The SMILES string of the molecule is CCN(CCOC)c1sc(C(=O)NC)c(N)c1C(=O)OC. The Morgan fingerprint density at radius 1 is 1.38 bits per heavy atom. The van der Waals surface area contributed by atoms with Crippen LogP contribution in [0.25, 0.3) is 0 Å². The van der Waals surface area contributed by atoms with Gasteiger partial charge in [0.2, 0.25) is 0 Å². The highest BCUT2D eigenvalue weighted by atomic mass is 32.1. The molecule has 7 nitrogen and oxygen atoms in total. The zero-order valence-electron chi connectivity index (χ0n) is 12.7. The maximum absolute atomic E-state index is 12.0. The van der Waals surface area contributed by atoms with Crippen LogP contribution < -0.4 is 16.0 Å². The molecule has 0 atom stereocenters. The molecule has 0 bridgehead atoms. The molecule has 0 aromatic carbocycles. The molecule has 1 amide bonds. The number of amides is 1. The van der Waals surface area contributed by atoms with E-state index in [4.69, 9.17) is 15.2 Å². The summed E-state index contributed by atoms with van der Waals surface area (Å²) in [5.74, 6) is -0.874. The van der Waals surface area contributed by atoms with Crippen molar-refractivity contribution in [1.82, 2.24) is 5.32 Å². The van der Waals surface area contributed by atoms with E-state index in [-0.39, 0.29) is 17.2 Å². The number of nitrogens with one attached hydrogen (secondary N) is 1. The molecule has 0 aliphatic heterocycles. The normalized spacial score (nSPS) is 10.3. The molecule has 0 aliphatic rings. The first-order valence-corrected chi connectivity index (χ1v) is 7.29. The lowest BCUT2D eigenvalue weighted by Gasteiger charge is -2.21. The van der Waals surface area contributed by atoms with Crippen molar-refractivity contribution in [2.75, 3.05) is 51.6 Å². The highest BCUT2D eigenvalue weighted by Gasteiger charge is 2.28. The molecule has 0 radical (unpaired) electrons. The van der Waals surface area contributed by atoms with E-state index in [2.05, 4.69) is 5.32 Å². The molecule has 1 rings (SSSR count). The minimum absolute atomic E-state index is 0.150. The molecular weight excluding hydrogens is 294 g/mol. The second-order valence-electron chi connectivity index (χ2n) is 4.17. The minimum atomic E-state index is -0.551. The van der Waals surface area contributed by atoms with Crippen LogP contribution in [0.3, 0.4) is 0 Å². The summed E-state index contributed by atoms with van der Waals surface area (Å²) in [4.78, 5) is 26.1. The van der Waals surface area contributed by atoms with Gasteiger partial charge < -0.3 is 25.4 Å². The van der Waals surface area contributed by atoms with Crippen LogP contribution in [0.15, 0.2) is 0 Å². The van der Waals surface area contributed by atoms with Gasteiger partial charge in [0.25, 0.3) is 5.91 Å². The van der Waals surface area contributed by atoms with Gasteiger partial charge in [-0.1, -0.05) is 0 Å². The number of hydrogen-bond acceptors (Lipinski definition) is 7. The Labute approximate surface area is 128 Å². The topological polar surface area (TPSA) is 93.9 Å². The monoisotopic (exact) mass is 315 g/mol. The fraction of sp³-hybridized carbons (Fsp3) is 0.538. The molecule has 1 heterocycles. The summed E-state index contributed by atoms with van der Waals surface area (Å²) in [6.07, 6.45) is 0. The van der Waals surface area contributed by atoms with Crippen LogP contribution in [0.2, 0.25) is 0 Å². The number of carbonyl (C=O) groups is 2. The first-order chi connectivity index (χ1) is 10.0. The Kier molecular flexibility index (Phi) is 6.44. The number of anilines is 2. The number of ether oxygens (including phenoxy) is 2. The van der Waals surface area contributed by atoms with Crippen molar-refractivity contribution >= 4 is 33.9 Å². The third kappa shape index (κ3) is 3.64. The van der Waals surface area contributed by atoms with Gasteiger partial charge >= 0.3 is 5.97 Å². The Bertz CT molecular complexity index is 516. The van der Waals surface area contributed by atoms with E-state index in [1.54, 1.807) is 7.11 Å². The summed E-state index contributed by atoms with van der Waals surface area (Å²) >= 11 is 1.18. The summed E-state index contributed by atoms with van der Waals surface area (Å²) in [5, 5.41) is 3.14. The van der Waals surface area contributed by atoms with Crippen LogP contribution in [0.1, 0.15) is 27.0 Å². The quantitative estimate of drug-likeness (QED) is 0.728. The summed E-state index contributed by atoms with van der Waals surface area (Å²) in [6, 6.07) is 0. The first kappa shape index (κ1) is 17.3. The van der Waals surface area contributed by atoms with Gasteiger partial charge in [-0.25, -0.2) is 4.79 Å². The largest absolute Gasteiger partial charge is 0.465 e. The van der Waals surface area contributed by atoms with Gasteiger partial charge in [-0.2, -0.15) is 0 Å². The average molecular weight is 315 g/mol. The zero-order chi connectivity index (χ0) is 16.0. The van der Waals surface area contributed by atoms with E-state index in [1.165, 1.54) is 25.5 Å². The van der Waals surface area contributed by atoms with Crippen LogP contribution >= 0.6 is 11.3 Å². The van der Waals surface area contributed by atoms with Gasteiger partial charge in [-0.05, 0) is 6.92 Å². The smallest absolute Gasteiger partial charge is 0.343 e. The first-order valence-electron chi connectivity index (χ1n) is 6.48. The highest BCUT2D eigenvalue weighted by Crippen LogP contribution is 2.38. The zero-order valence-corrected chi connectivity index (χ0v) is 13.5. The van der Waals surface area contributed by atoms with Crippen molar-refractivity contribution in [1.29, 1.82) is 0 Å². The van der Waals surface area contributed by atoms with Gasteiger partial charge in [-0.15, -0.1) is 11.3 Å². The van der Waals surface area contributed by atoms with E-state index in [0.717, 1.165) is 0 Å². The van der Waals surface area contributed by atoms with Crippen molar-refractivity contribution in [3.05, 3.63) is 10.4 Å². The lowest BCUT2D eigenvalue weighted by Crippen LogP contribution is -2.27.